The molecule has 34 heavy (non-hydrogen) atoms. The van der Waals surface area contributed by atoms with Gasteiger partial charge in [0.25, 0.3) is 0 Å². The summed E-state index contributed by atoms with van der Waals surface area (Å²) >= 11 is 0. The number of carbonyl (C=O) groups is 1. The van der Waals surface area contributed by atoms with E-state index < -0.39 is 0 Å². The van der Waals surface area contributed by atoms with E-state index in [1.54, 1.807) is 6.92 Å². The Kier molecular flexibility index (Phi) is 5.90. The van der Waals surface area contributed by atoms with Gasteiger partial charge in [0, 0.05) is 6.92 Å². The molecule has 0 spiro atoms. The monoisotopic (exact) mass is 470 g/mol. The third kappa shape index (κ3) is 3.27. The van der Waals surface area contributed by atoms with Gasteiger partial charge in [0.15, 0.2) is 0 Å². The van der Waals surface area contributed by atoms with Crippen LogP contribution in [-0.4, -0.2) is 12.6 Å². The van der Waals surface area contributed by atoms with Crippen LogP contribution in [0.3, 0.4) is 0 Å². The van der Waals surface area contributed by atoms with Gasteiger partial charge in [-0.3, -0.25) is 4.79 Å². The van der Waals surface area contributed by atoms with E-state index >= 15 is 0 Å². The molecule has 0 aromatic carbocycles. The fraction of sp³-hybridized carbons (Fsp3) is 0.969. The molecule has 0 heterocycles. The molecule has 0 saturated heterocycles. The van der Waals surface area contributed by atoms with E-state index in [4.69, 9.17) is 4.74 Å². The fourth-order valence-corrected chi connectivity index (χ4v) is 12.4. The summed E-state index contributed by atoms with van der Waals surface area (Å²) in [7, 11) is 0. The highest BCUT2D eigenvalue weighted by molar-refractivity contribution is 5.65. The molecule has 10 atom stereocenters. The van der Waals surface area contributed by atoms with Gasteiger partial charge in [0.1, 0.15) is 0 Å². The van der Waals surface area contributed by atoms with Crippen LogP contribution in [-0.2, 0) is 9.53 Å². The van der Waals surface area contributed by atoms with E-state index in [1.807, 2.05) is 0 Å². The summed E-state index contributed by atoms with van der Waals surface area (Å²) in [4.78, 5) is 11.5. The van der Waals surface area contributed by atoms with Crippen molar-refractivity contribution < 1.29 is 9.53 Å². The highest BCUT2D eigenvalue weighted by Crippen LogP contribution is 2.78. The first-order valence-electron chi connectivity index (χ1n) is 14.9. The topological polar surface area (TPSA) is 26.3 Å². The van der Waals surface area contributed by atoms with Gasteiger partial charge in [-0.2, -0.15) is 0 Å². The van der Waals surface area contributed by atoms with Crippen LogP contribution in [0, 0.1) is 62.6 Å². The Hall–Kier alpha value is -0.530. The Bertz CT molecular complexity index is 816. The van der Waals surface area contributed by atoms with Crippen molar-refractivity contribution in [2.24, 2.45) is 62.6 Å². The number of esters is 1. The highest BCUT2D eigenvalue weighted by atomic mass is 16.5. The summed E-state index contributed by atoms with van der Waals surface area (Å²) in [5, 5.41) is 0. The molecule has 0 N–H and O–H groups in total. The zero-order valence-corrected chi connectivity index (χ0v) is 23.8. The second-order valence-corrected chi connectivity index (χ2v) is 15.6. The molecule has 0 bridgehead atoms. The molecule has 5 saturated carbocycles. The molecular formula is C32H54O2. The average molecular weight is 471 g/mol. The summed E-state index contributed by atoms with van der Waals surface area (Å²) in [5.41, 5.74) is 2.50. The highest BCUT2D eigenvalue weighted by Gasteiger charge is 2.70. The quantitative estimate of drug-likeness (QED) is 0.386. The number of rotatable bonds is 3. The molecule has 0 aliphatic heterocycles. The van der Waals surface area contributed by atoms with Crippen LogP contribution in [0.1, 0.15) is 126 Å². The van der Waals surface area contributed by atoms with Gasteiger partial charge < -0.3 is 4.74 Å². The largest absolute Gasteiger partial charge is 0.466 e. The molecule has 0 unspecified atom stereocenters. The van der Waals surface area contributed by atoms with Crippen molar-refractivity contribution in [1.29, 1.82) is 0 Å². The lowest BCUT2D eigenvalue weighted by Crippen LogP contribution is -2.65. The Morgan fingerprint density at radius 1 is 0.765 bits per heavy atom. The molecule has 2 nitrogen and oxygen atoms in total. The second-order valence-electron chi connectivity index (χ2n) is 15.6. The Morgan fingerprint density at radius 2 is 1.38 bits per heavy atom. The minimum Gasteiger partial charge on any atom is -0.466 e. The average Bonchev–Trinajstić information content (AvgIpc) is 3.09. The van der Waals surface area contributed by atoms with Gasteiger partial charge in [-0.05, 0) is 127 Å². The first-order valence-corrected chi connectivity index (χ1v) is 14.9. The lowest BCUT2D eigenvalue weighted by atomic mass is 9.32. The van der Waals surface area contributed by atoms with Crippen molar-refractivity contribution >= 4 is 5.97 Å². The molecule has 5 aliphatic carbocycles. The summed E-state index contributed by atoms with van der Waals surface area (Å²) in [6.07, 6.45) is 15.7. The molecule has 5 fully saturated rings. The lowest BCUT2D eigenvalue weighted by Gasteiger charge is -2.73. The first kappa shape index (κ1) is 25.1. The Morgan fingerprint density at radius 3 is 2.03 bits per heavy atom. The Balaban J connectivity index is 1.43. The van der Waals surface area contributed by atoms with Crippen LogP contribution < -0.4 is 0 Å². The predicted octanol–water partition coefficient (Wildman–Crippen LogP) is 8.68. The van der Waals surface area contributed by atoms with Crippen LogP contribution in [0.5, 0.6) is 0 Å². The lowest BCUT2D eigenvalue weighted by molar-refractivity contribution is -0.241. The number of hydrogen-bond donors (Lipinski definition) is 0. The maximum absolute atomic E-state index is 11.5. The van der Waals surface area contributed by atoms with Crippen molar-refractivity contribution in [1.82, 2.24) is 0 Å². The van der Waals surface area contributed by atoms with Gasteiger partial charge in [-0.25, -0.2) is 0 Å². The zero-order valence-electron chi connectivity index (χ0n) is 23.8. The molecule has 0 amide bonds. The molecule has 5 rings (SSSR count). The van der Waals surface area contributed by atoms with Crippen molar-refractivity contribution in [2.75, 3.05) is 6.61 Å². The van der Waals surface area contributed by atoms with Gasteiger partial charge >= 0.3 is 5.97 Å². The van der Waals surface area contributed by atoms with E-state index in [0.717, 1.165) is 29.6 Å². The van der Waals surface area contributed by atoms with Crippen molar-refractivity contribution in [3.8, 4) is 0 Å². The van der Waals surface area contributed by atoms with Crippen molar-refractivity contribution in [3.05, 3.63) is 0 Å². The standard InChI is InChI=1S/C32H54O2/c1-21(20-34-22(2)33)23-12-17-29(5)24(23)13-18-31(7)26(29)10-11-27-30(6)16-9-15-28(3,4)25(30)14-19-32(27,31)8/h21,23-27H,9-20H2,1-8H3/t21-,23+,24+,25+,26-,27-,29+,30+,31-,32-/m1/s1. The molecular weight excluding hydrogens is 416 g/mol. The molecule has 2 heteroatoms. The maximum atomic E-state index is 11.5. The second kappa shape index (κ2) is 7.98. The summed E-state index contributed by atoms with van der Waals surface area (Å²) in [6.45, 7) is 20.7. The van der Waals surface area contributed by atoms with Crippen molar-refractivity contribution in [2.45, 2.75) is 126 Å². The number of carbonyl (C=O) groups excluding carboxylic acids is 1. The molecule has 0 aromatic rings. The van der Waals surface area contributed by atoms with Crippen LogP contribution in [0.15, 0.2) is 0 Å². The van der Waals surface area contributed by atoms with E-state index in [9.17, 15) is 4.79 Å². The van der Waals surface area contributed by atoms with Gasteiger partial charge in [-0.15, -0.1) is 0 Å². The van der Waals surface area contributed by atoms with Gasteiger partial charge in [-0.1, -0.05) is 54.9 Å². The van der Waals surface area contributed by atoms with Crippen LogP contribution in [0.25, 0.3) is 0 Å². The maximum Gasteiger partial charge on any atom is 0.302 e. The van der Waals surface area contributed by atoms with Crippen molar-refractivity contribution in [3.63, 3.8) is 0 Å². The van der Waals surface area contributed by atoms with E-state index in [-0.39, 0.29) is 5.97 Å². The van der Waals surface area contributed by atoms with Gasteiger partial charge in [0.05, 0.1) is 6.61 Å². The third-order valence-corrected chi connectivity index (χ3v) is 14.0. The summed E-state index contributed by atoms with van der Waals surface area (Å²) in [5.74, 6) is 4.60. The van der Waals surface area contributed by atoms with E-state index in [2.05, 4.69) is 48.5 Å². The van der Waals surface area contributed by atoms with Crippen LogP contribution in [0.2, 0.25) is 0 Å². The fourth-order valence-electron chi connectivity index (χ4n) is 12.4. The van der Waals surface area contributed by atoms with Gasteiger partial charge in [0.2, 0.25) is 0 Å². The minimum absolute atomic E-state index is 0.120. The molecule has 5 aliphatic rings. The van der Waals surface area contributed by atoms with E-state index in [1.165, 1.54) is 70.6 Å². The van der Waals surface area contributed by atoms with Crippen LogP contribution >= 0.6 is 0 Å². The molecule has 0 radical (unpaired) electrons. The molecule has 0 aromatic heterocycles. The predicted molar refractivity (Wildman–Crippen MR) is 140 cm³/mol. The minimum atomic E-state index is -0.120. The SMILES string of the molecule is CC(=O)OC[C@@H](C)[C@@H]1CC[C@]2(C)[C@H]3CC[C@@H]4[C@@]5(C)CCCC(C)(C)[C@@H]5CC[C@@]4(C)[C@]3(C)CC[C@@H]12. The van der Waals surface area contributed by atoms with Crippen LogP contribution in [0.4, 0.5) is 0 Å². The smallest absolute Gasteiger partial charge is 0.302 e. The third-order valence-electron chi connectivity index (χ3n) is 14.0. The zero-order chi connectivity index (χ0) is 24.7. The Labute approximate surface area is 210 Å². The summed E-state index contributed by atoms with van der Waals surface area (Å²) < 4.78 is 5.48. The summed E-state index contributed by atoms with van der Waals surface area (Å²) in [6, 6.07) is 0. The van der Waals surface area contributed by atoms with E-state index in [0.29, 0.717) is 39.6 Å². The number of fused-ring (bicyclic) bond motifs is 7. The first-order chi connectivity index (χ1) is 15.8. The number of ether oxygens (including phenoxy) is 1. The number of hydrogen-bond acceptors (Lipinski definition) is 2. The molecule has 194 valence electrons. The normalized spacial score (nSPS) is 52.5.